The molecular formula is C14H17Cl2N3O. The maximum atomic E-state index is 12.3. The van der Waals surface area contributed by atoms with Crippen molar-refractivity contribution in [3.8, 4) is 0 Å². The molecule has 2 aliphatic rings. The topological polar surface area (TPSA) is 44.4 Å². The Labute approximate surface area is 128 Å². The second-order valence-corrected chi connectivity index (χ2v) is 6.37. The lowest BCUT2D eigenvalue weighted by Crippen LogP contribution is -2.45. The summed E-state index contributed by atoms with van der Waals surface area (Å²) in [5.74, 6) is 1.30. The highest BCUT2D eigenvalue weighted by atomic mass is 35.5. The van der Waals surface area contributed by atoms with Crippen LogP contribution in [-0.4, -0.2) is 37.1 Å². The minimum absolute atomic E-state index is 0.0753. The van der Waals surface area contributed by atoms with E-state index in [1.165, 1.54) is 0 Å². The normalized spacial score (nSPS) is 25.4. The van der Waals surface area contributed by atoms with E-state index in [0.29, 0.717) is 21.7 Å². The number of likely N-dealkylation sites (tertiary alicyclic amines) is 1. The number of carbonyl (C=O) groups is 1. The van der Waals surface area contributed by atoms with Crippen LogP contribution in [0.4, 0.5) is 10.5 Å². The fourth-order valence-electron chi connectivity index (χ4n) is 3.05. The Hall–Kier alpha value is -0.970. The Kier molecular flexibility index (Phi) is 4.06. The van der Waals surface area contributed by atoms with Gasteiger partial charge in [0.15, 0.2) is 0 Å². The molecule has 108 valence electrons. The number of hydrogen-bond donors (Lipinski definition) is 2. The van der Waals surface area contributed by atoms with E-state index in [-0.39, 0.29) is 6.03 Å². The van der Waals surface area contributed by atoms with Gasteiger partial charge in [0.1, 0.15) is 0 Å². The average molecular weight is 314 g/mol. The van der Waals surface area contributed by atoms with Crippen LogP contribution in [-0.2, 0) is 0 Å². The first-order valence-electron chi connectivity index (χ1n) is 6.84. The molecule has 4 nitrogen and oxygen atoms in total. The van der Waals surface area contributed by atoms with E-state index in [2.05, 4.69) is 10.6 Å². The molecular weight excluding hydrogens is 297 g/mol. The molecule has 2 fully saturated rings. The van der Waals surface area contributed by atoms with Crippen LogP contribution in [0.1, 0.15) is 6.42 Å². The largest absolute Gasteiger partial charge is 0.324 e. The Morgan fingerprint density at radius 3 is 2.65 bits per heavy atom. The van der Waals surface area contributed by atoms with Crippen LogP contribution in [0.2, 0.25) is 10.0 Å². The molecule has 2 N–H and O–H groups in total. The van der Waals surface area contributed by atoms with E-state index in [1.807, 2.05) is 4.90 Å². The molecule has 2 unspecified atom stereocenters. The van der Waals surface area contributed by atoms with E-state index in [0.717, 1.165) is 38.5 Å². The molecule has 2 saturated heterocycles. The number of rotatable bonds is 1. The van der Waals surface area contributed by atoms with Gasteiger partial charge in [-0.25, -0.2) is 4.79 Å². The van der Waals surface area contributed by atoms with E-state index < -0.39 is 0 Å². The molecule has 0 saturated carbocycles. The summed E-state index contributed by atoms with van der Waals surface area (Å²) in [5.41, 5.74) is 0.638. The zero-order valence-corrected chi connectivity index (χ0v) is 12.5. The van der Waals surface area contributed by atoms with Gasteiger partial charge in [-0.05, 0) is 49.5 Å². The first-order valence-corrected chi connectivity index (χ1v) is 7.60. The maximum Gasteiger partial charge on any atom is 0.321 e. The van der Waals surface area contributed by atoms with Gasteiger partial charge in [-0.15, -0.1) is 0 Å². The number of amides is 2. The van der Waals surface area contributed by atoms with Crippen LogP contribution in [0.25, 0.3) is 0 Å². The molecule has 0 bridgehead atoms. The van der Waals surface area contributed by atoms with E-state index in [4.69, 9.17) is 23.2 Å². The van der Waals surface area contributed by atoms with Gasteiger partial charge in [-0.2, -0.15) is 0 Å². The van der Waals surface area contributed by atoms with Gasteiger partial charge in [0.05, 0.1) is 0 Å². The van der Waals surface area contributed by atoms with Gasteiger partial charge in [0.25, 0.3) is 0 Å². The van der Waals surface area contributed by atoms with Crippen molar-refractivity contribution in [3.05, 3.63) is 28.2 Å². The highest BCUT2D eigenvalue weighted by Gasteiger charge is 2.34. The Morgan fingerprint density at radius 2 is 1.90 bits per heavy atom. The zero-order chi connectivity index (χ0) is 14.1. The van der Waals surface area contributed by atoms with Crippen molar-refractivity contribution in [2.24, 2.45) is 11.8 Å². The Bertz CT molecular complexity index is 503. The number of nitrogens with zero attached hydrogens (tertiary/aromatic N) is 1. The average Bonchev–Trinajstić information content (AvgIpc) is 2.84. The number of piperidine rings is 1. The van der Waals surface area contributed by atoms with Gasteiger partial charge >= 0.3 is 6.03 Å². The molecule has 6 heteroatoms. The fraction of sp³-hybridized carbons (Fsp3) is 0.500. The Balaban J connectivity index is 1.64. The molecule has 2 heterocycles. The molecule has 2 amide bonds. The smallest absolute Gasteiger partial charge is 0.321 e. The van der Waals surface area contributed by atoms with Gasteiger partial charge in [-0.1, -0.05) is 23.2 Å². The summed E-state index contributed by atoms with van der Waals surface area (Å²) in [4.78, 5) is 14.2. The number of anilines is 1. The SMILES string of the molecule is O=C(Nc1cc(Cl)cc(Cl)c1)N1CCC2CNCC2C1. The quantitative estimate of drug-likeness (QED) is 0.837. The second-order valence-electron chi connectivity index (χ2n) is 5.50. The third-order valence-electron chi connectivity index (χ3n) is 4.11. The van der Waals surface area contributed by atoms with Crippen LogP contribution >= 0.6 is 23.2 Å². The summed E-state index contributed by atoms with van der Waals surface area (Å²) in [5, 5.41) is 7.31. The maximum absolute atomic E-state index is 12.3. The summed E-state index contributed by atoms with van der Waals surface area (Å²) in [7, 11) is 0. The summed E-state index contributed by atoms with van der Waals surface area (Å²) in [6.07, 6.45) is 1.07. The minimum Gasteiger partial charge on any atom is -0.324 e. The lowest BCUT2D eigenvalue weighted by Gasteiger charge is -2.34. The number of benzene rings is 1. The molecule has 3 rings (SSSR count). The second kappa shape index (κ2) is 5.80. The number of fused-ring (bicyclic) bond motifs is 1. The molecule has 0 aromatic heterocycles. The van der Waals surface area contributed by atoms with Crippen molar-refractivity contribution in [1.29, 1.82) is 0 Å². The number of halogens is 2. The third-order valence-corrected chi connectivity index (χ3v) is 4.54. The van der Waals surface area contributed by atoms with Crippen molar-refractivity contribution in [2.75, 3.05) is 31.5 Å². The highest BCUT2D eigenvalue weighted by Crippen LogP contribution is 2.27. The monoisotopic (exact) mass is 313 g/mol. The number of carbonyl (C=O) groups excluding carboxylic acids is 1. The van der Waals surface area contributed by atoms with Crippen LogP contribution in [0, 0.1) is 11.8 Å². The summed E-state index contributed by atoms with van der Waals surface area (Å²) in [6.45, 7) is 3.72. The standard InChI is InChI=1S/C14H17Cl2N3O/c15-11-3-12(16)5-13(4-11)18-14(20)19-2-1-9-6-17-7-10(9)8-19/h3-5,9-10,17H,1-2,6-8H2,(H,18,20). The molecule has 2 aliphatic heterocycles. The van der Waals surface area contributed by atoms with Gasteiger partial charge in [0, 0.05) is 28.8 Å². The summed E-state index contributed by atoms with van der Waals surface area (Å²) < 4.78 is 0. The van der Waals surface area contributed by atoms with E-state index >= 15 is 0 Å². The molecule has 0 radical (unpaired) electrons. The molecule has 0 spiro atoms. The lowest BCUT2D eigenvalue weighted by molar-refractivity contribution is 0.161. The van der Waals surface area contributed by atoms with Crippen LogP contribution in [0.5, 0.6) is 0 Å². The van der Waals surface area contributed by atoms with E-state index in [1.54, 1.807) is 18.2 Å². The Morgan fingerprint density at radius 1 is 1.20 bits per heavy atom. The van der Waals surface area contributed by atoms with E-state index in [9.17, 15) is 4.79 Å². The van der Waals surface area contributed by atoms with Gasteiger partial charge in [-0.3, -0.25) is 0 Å². The van der Waals surface area contributed by atoms with Gasteiger partial charge in [0.2, 0.25) is 0 Å². The number of nitrogens with one attached hydrogen (secondary N) is 2. The summed E-state index contributed by atoms with van der Waals surface area (Å²) in [6, 6.07) is 4.98. The van der Waals surface area contributed by atoms with Crippen LogP contribution < -0.4 is 10.6 Å². The molecule has 1 aromatic carbocycles. The van der Waals surface area contributed by atoms with Crippen molar-refractivity contribution < 1.29 is 4.79 Å². The molecule has 0 aliphatic carbocycles. The predicted molar refractivity (Wildman–Crippen MR) is 81.5 cm³/mol. The first-order chi connectivity index (χ1) is 9.61. The highest BCUT2D eigenvalue weighted by molar-refractivity contribution is 6.35. The van der Waals surface area contributed by atoms with Gasteiger partial charge < -0.3 is 15.5 Å². The zero-order valence-electron chi connectivity index (χ0n) is 11.0. The first kappa shape index (κ1) is 14.0. The molecule has 20 heavy (non-hydrogen) atoms. The number of urea groups is 1. The molecule has 2 atom stereocenters. The fourth-order valence-corrected chi connectivity index (χ4v) is 3.57. The van der Waals surface area contributed by atoms with Crippen molar-refractivity contribution >= 4 is 34.9 Å². The number of hydrogen-bond acceptors (Lipinski definition) is 2. The van der Waals surface area contributed by atoms with Crippen molar-refractivity contribution in [2.45, 2.75) is 6.42 Å². The van der Waals surface area contributed by atoms with Crippen LogP contribution in [0.15, 0.2) is 18.2 Å². The van der Waals surface area contributed by atoms with Crippen LogP contribution in [0.3, 0.4) is 0 Å². The molecule has 1 aromatic rings. The lowest BCUT2D eigenvalue weighted by atomic mass is 9.89. The van der Waals surface area contributed by atoms with Crippen molar-refractivity contribution in [3.63, 3.8) is 0 Å². The van der Waals surface area contributed by atoms with Crippen molar-refractivity contribution in [1.82, 2.24) is 10.2 Å². The minimum atomic E-state index is -0.0753. The third kappa shape index (κ3) is 3.03. The summed E-state index contributed by atoms with van der Waals surface area (Å²) >= 11 is 11.9. The predicted octanol–water partition coefficient (Wildman–Crippen LogP) is 3.07.